The van der Waals surface area contributed by atoms with Gasteiger partial charge >= 0.3 is 0 Å². The third-order valence-corrected chi connectivity index (χ3v) is 3.03. The van der Waals surface area contributed by atoms with Crippen LogP contribution in [0.5, 0.6) is 5.75 Å². The van der Waals surface area contributed by atoms with E-state index in [1.807, 2.05) is 30.3 Å². The Kier molecular flexibility index (Phi) is 4.19. The van der Waals surface area contributed by atoms with E-state index in [1.54, 1.807) is 0 Å². The maximum Gasteiger partial charge on any atom is 0.119 e. The second-order valence-corrected chi connectivity index (χ2v) is 4.24. The van der Waals surface area contributed by atoms with Gasteiger partial charge in [0, 0.05) is 12.6 Å². The molecule has 88 valence electrons. The van der Waals surface area contributed by atoms with Crippen LogP contribution in [0, 0.1) is 5.92 Å². The topological polar surface area (TPSA) is 44.5 Å². The normalized spacial score (nSPS) is 21.9. The monoisotopic (exact) mass is 221 g/mol. The fraction of sp³-hybridized carbons (Fsp3) is 0.538. The highest BCUT2D eigenvalue weighted by Gasteiger charge is 2.22. The fourth-order valence-corrected chi connectivity index (χ4v) is 1.96. The molecular weight excluding hydrogens is 202 g/mol. The molecule has 1 heterocycles. The second-order valence-electron chi connectivity index (χ2n) is 4.24. The lowest BCUT2D eigenvalue weighted by Crippen LogP contribution is -2.32. The Morgan fingerprint density at radius 1 is 1.38 bits per heavy atom. The van der Waals surface area contributed by atoms with Crippen LogP contribution in [0.25, 0.3) is 0 Å². The van der Waals surface area contributed by atoms with Gasteiger partial charge in [-0.2, -0.15) is 0 Å². The highest BCUT2D eigenvalue weighted by Crippen LogP contribution is 2.17. The van der Waals surface area contributed by atoms with Gasteiger partial charge in [-0.25, -0.2) is 0 Å². The maximum absolute atomic E-state index is 6.08. The number of rotatable bonds is 5. The van der Waals surface area contributed by atoms with Gasteiger partial charge in [-0.05, 0) is 30.9 Å². The van der Waals surface area contributed by atoms with Crippen molar-refractivity contribution in [2.75, 3.05) is 19.8 Å². The summed E-state index contributed by atoms with van der Waals surface area (Å²) in [5.41, 5.74) is 6.08. The summed E-state index contributed by atoms with van der Waals surface area (Å²) in [5, 5.41) is 0. The smallest absolute Gasteiger partial charge is 0.119 e. The summed E-state index contributed by atoms with van der Waals surface area (Å²) in [6.07, 6.45) is 1.98. The van der Waals surface area contributed by atoms with Crippen LogP contribution in [0.15, 0.2) is 30.3 Å². The van der Waals surface area contributed by atoms with Crippen LogP contribution >= 0.6 is 0 Å². The second kappa shape index (κ2) is 5.87. The molecule has 0 bridgehead atoms. The van der Waals surface area contributed by atoms with Gasteiger partial charge in [0.1, 0.15) is 5.75 Å². The summed E-state index contributed by atoms with van der Waals surface area (Å²) in [4.78, 5) is 0. The molecule has 1 aromatic rings. The van der Waals surface area contributed by atoms with Crippen molar-refractivity contribution in [3.63, 3.8) is 0 Å². The van der Waals surface area contributed by atoms with Crippen LogP contribution in [0.4, 0.5) is 0 Å². The zero-order valence-electron chi connectivity index (χ0n) is 9.47. The van der Waals surface area contributed by atoms with E-state index in [2.05, 4.69) is 0 Å². The van der Waals surface area contributed by atoms with Crippen molar-refractivity contribution < 1.29 is 9.47 Å². The van der Waals surface area contributed by atoms with Gasteiger partial charge in [0.25, 0.3) is 0 Å². The number of hydrogen-bond donors (Lipinski definition) is 1. The Bertz CT molecular complexity index is 296. The maximum atomic E-state index is 6.08. The number of nitrogens with two attached hydrogens (primary N) is 1. The third-order valence-electron chi connectivity index (χ3n) is 3.03. The average Bonchev–Trinajstić information content (AvgIpc) is 2.84. The van der Waals surface area contributed by atoms with Gasteiger partial charge in [-0.3, -0.25) is 0 Å². The first kappa shape index (κ1) is 11.4. The van der Waals surface area contributed by atoms with Crippen LogP contribution < -0.4 is 10.5 Å². The molecule has 3 nitrogen and oxygen atoms in total. The summed E-state index contributed by atoms with van der Waals surface area (Å²) >= 11 is 0. The molecule has 0 aliphatic carbocycles. The number of hydrogen-bond acceptors (Lipinski definition) is 3. The predicted octanol–water partition coefficient (Wildman–Crippen LogP) is 1.82. The summed E-state index contributed by atoms with van der Waals surface area (Å²) < 4.78 is 10.9. The summed E-state index contributed by atoms with van der Waals surface area (Å²) in [7, 11) is 0. The number of para-hydroxylation sites is 1. The van der Waals surface area contributed by atoms with Gasteiger partial charge in [0.05, 0.1) is 13.2 Å². The van der Waals surface area contributed by atoms with Gasteiger partial charge in [-0.1, -0.05) is 18.2 Å². The van der Waals surface area contributed by atoms with Crippen molar-refractivity contribution in [1.82, 2.24) is 0 Å². The van der Waals surface area contributed by atoms with Crippen molar-refractivity contribution in [2.24, 2.45) is 11.7 Å². The van der Waals surface area contributed by atoms with E-state index in [0.29, 0.717) is 12.5 Å². The molecule has 2 rings (SSSR count). The van der Waals surface area contributed by atoms with E-state index >= 15 is 0 Å². The molecule has 1 aromatic carbocycles. The Morgan fingerprint density at radius 3 is 2.88 bits per heavy atom. The molecule has 1 fully saturated rings. The molecule has 2 atom stereocenters. The van der Waals surface area contributed by atoms with Gasteiger partial charge < -0.3 is 15.2 Å². The minimum Gasteiger partial charge on any atom is -0.494 e. The minimum absolute atomic E-state index is 0.200. The molecule has 3 heteroatoms. The van der Waals surface area contributed by atoms with Gasteiger partial charge in [0.15, 0.2) is 0 Å². The Balaban J connectivity index is 1.67. The zero-order chi connectivity index (χ0) is 11.2. The van der Waals surface area contributed by atoms with Gasteiger partial charge in [0.2, 0.25) is 0 Å². The molecule has 2 unspecified atom stereocenters. The molecule has 0 spiro atoms. The summed E-state index contributed by atoms with van der Waals surface area (Å²) in [6, 6.07) is 10.1. The van der Waals surface area contributed by atoms with Crippen LogP contribution in [0.2, 0.25) is 0 Å². The van der Waals surface area contributed by atoms with Gasteiger partial charge in [-0.15, -0.1) is 0 Å². The fourth-order valence-electron chi connectivity index (χ4n) is 1.96. The van der Waals surface area contributed by atoms with Crippen LogP contribution in [-0.2, 0) is 4.74 Å². The van der Waals surface area contributed by atoms with Crippen molar-refractivity contribution in [3.8, 4) is 5.75 Å². The molecule has 0 saturated carbocycles. The minimum atomic E-state index is 0.200. The molecule has 1 saturated heterocycles. The van der Waals surface area contributed by atoms with Crippen molar-refractivity contribution in [1.29, 1.82) is 0 Å². The molecule has 0 radical (unpaired) electrons. The first-order chi connectivity index (χ1) is 7.86. The lowest BCUT2D eigenvalue weighted by Gasteiger charge is -2.17. The predicted molar refractivity (Wildman–Crippen MR) is 63.5 cm³/mol. The Labute approximate surface area is 96.5 Å². The molecular formula is C13H19NO2. The summed E-state index contributed by atoms with van der Waals surface area (Å²) in [5.74, 6) is 1.43. The van der Waals surface area contributed by atoms with E-state index < -0.39 is 0 Å². The molecule has 1 aliphatic rings. The zero-order valence-corrected chi connectivity index (χ0v) is 9.47. The van der Waals surface area contributed by atoms with E-state index in [0.717, 1.165) is 31.8 Å². The highest BCUT2D eigenvalue weighted by atomic mass is 16.5. The standard InChI is InChI=1S/C13H19NO2/c14-13(11-6-8-15-10-11)7-9-16-12-4-2-1-3-5-12/h1-5,11,13H,6-10,14H2. The van der Waals surface area contributed by atoms with Crippen molar-refractivity contribution in [2.45, 2.75) is 18.9 Å². The van der Waals surface area contributed by atoms with Crippen LogP contribution in [-0.4, -0.2) is 25.9 Å². The number of benzene rings is 1. The SMILES string of the molecule is NC(CCOc1ccccc1)C1CCOC1. The van der Waals surface area contributed by atoms with Crippen LogP contribution in [0.1, 0.15) is 12.8 Å². The average molecular weight is 221 g/mol. The number of ether oxygens (including phenoxy) is 2. The van der Waals surface area contributed by atoms with E-state index in [4.69, 9.17) is 15.2 Å². The molecule has 0 amide bonds. The quantitative estimate of drug-likeness (QED) is 0.825. The van der Waals surface area contributed by atoms with E-state index in [1.165, 1.54) is 0 Å². The van der Waals surface area contributed by atoms with Crippen molar-refractivity contribution >= 4 is 0 Å². The first-order valence-electron chi connectivity index (χ1n) is 5.87. The molecule has 0 aromatic heterocycles. The largest absolute Gasteiger partial charge is 0.494 e. The first-order valence-corrected chi connectivity index (χ1v) is 5.87. The Morgan fingerprint density at radius 2 is 2.19 bits per heavy atom. The molecule has 2 N–H and O–H groups in total. The lowest BCUT2D eigenvalue weighted by atomic mass is 9.98. The summed E-state index contributed by atoms with van der Waals surface area (Å²) in [6.45, 7) is 2.35. The molecule has 16 heavy (non-hydrogen) atoms. The van der Waals surface area contributed by atoms with Crippen molar-refractivity contribution in [3.05, 3.63) is 30.3 Å². The lowest BCUT2D eigenvalue weighted by molar-refractivity contribution is 0.176. The van der Waals surface area contributed by atoms with E-state index in [9.17, 15) is 0 Å². The Hall–Kier alpha value is -1.06. The van der Waals surface area contributed by atoms with Crippen LogP contribution in [0.3, 0.4) is 0 Å². The highest BCUT2D eigenvalue weighted by molar-refractivity contribution is 5.20. The molecule has 1 aliphatic heterocycles. The van der Waals surface area contributed by atoms with E-state index in [-0.39, 0.29) is 6.04 Å². The third kappa shape index (κ3) is 3.22.